The number of nitrogens with zero attached hydrogens (tertiary/aromatic N) is 3. The Kier molecular flexibility index (Phi) is 5.29. The number of carbonyl (C=O) groups excluding carboxylic acids is 1. The molecule has 0 aliphatic heterocycles. The average Bonchev–Trinajstić information content (AvgIpc) is 2.73. The van der Waals surface area contributed by atoms with E-state index in [9.17, 15) is 9.59 Å². The fourth-order valence-electron chi connectivity index (χ4n) is 3.79. The minimum Gasteiger partial charge on any atom is -0.496 e. The molecule has 2 heterocycles. The molecule has 7 heteroatoms. The number of ether oxygens (including phenoxy) is 1. The number of aromatic nitrogens is 3. The largest absolute Gasteiger partial charge is 0.496 e. The number of carbonyl (C=O) groups is 1. The lowest BCUT2D eigenvalue weighted by molar-refractivity contribution is -0.121. The van der Waals surface area contributed by atoms with Gasteiger partial charge in [-0.05, 0) is 42.9 Å². The lowest BCUT2D eigenvalue weighted by atomic mass is 9.87. The molecule has 0 bridgehead atoms. The van der Waals surface area contributed by atoms with Crippen LogP contribution in [0.3, 0.4) is 0 Å². The van der Waals surface area contributed by atoms with Crippen molar-refractivity contribution in [2.45, 2.75) is 39.3 Å². The molecular formula is C22H24N4O3. The molecule has 150 valence electrons. The van der Waals surface area contributed by atoms with Crippen LogP contribution in [0.4, 0.5) is 0 Å². The molecular weight excluding hydrogens is 368 g/mol. The van der Waals surface area contributed by atoms with Crippen molar-refractivity contribution in [1.29, 1.82) is 0 Å². The van der Waals surface area contributed by atoms with Gasteiger partial charge in [0.2, 0.25) is 5.91 Å². The summed E-state index contributed by atoms with van der Waals surface area (Å²) in [4.78, 5) is 34.2. The number of fused-ring (bicyclic) bond motifs is 2. The van der Waals surface area contributed by atoms with Crippen LogP contribution in [-0.2, 0) is 30.7 Å². The van der Waals surface area contributed by atoms with Gasteiger partial charge >= 0.3 is 0 Å². The smallest absolute Gasteiger partial charge is 0.263 e. The zero-order valence-corrected chi connectivity index (χ0v) is 16.6. The first-order valence-corrected chi connectivity index (χ1v) is 9.81. The fourth-order valence-corrected chi connectivity index (χ4v) is 3.79. The Morgan fingerprint density at radius 3 is 3.00 bits per heavy atom. The highest BCUT2D eigenvalue weighted by atomic mass is 16.5. The zero-order valence-electron chi connectivity index (χ0n) is 16.6. The predicted octanol–water partition coefficient (Wildman–Crippen LogP) is 2.24. The molecule has 1 aliphatic rings. The van der Waals surface area contributed by atoms with E-state index in [2.05, 4.69) is 22.2 Å². The van der Waals surface area contributed by atoms with E-state index in [0.29, 0.717) is 29.2 Å². The van der Waals surface area contributed by atoms with Crippen molar-refractivity contribution in [3.63, 3.8) is 0 Å². The van der Waals surface area contributed by atoms with Crippen LogP contribution >= 0.6 is 0 Å². The molecule has 2 aromatic heterocycles. The second-order valence-corrected chi connectivity index (χ2v) is 7.58. The van der Waals surface area contributed by atoms with Crippen molar-refractivity contribution in [2.24, 2.45) is 5.92 Å². The molecule has 1 atom stereocenters. The molecule has 0 saturated heterocycles. The number of benzene rings is 1. The molecule has 3 aromatic rings. The molecule has 1 aliphatic carbocycles. The number of hydrogen-bond donors (Lipinski definition) is 1. The van der Waals surface area contributed by atoms with Gasteiger partial charge in [0.05, 0.1) is 12.5 Å². The monoisotopic (exact) mass is 392 g/mol. The van der Waals surface area contributed by atoms with Gasteiger partial charge in [-0.15, -0.1) is 0 Å². The van der Waals surface area contributed by atoms with Crippen molar-refractivity contribution in [2.75, 3.05) is 7.11 Å². The molecule has 0 spiro atoms. The third-order valence-corrected chi connectivity index (χ3v) is 5.41. The van der Waals surface area contributed by atoms with Gasteiger partial charge in [-0.1, -0.05) is 25.1 Å². The van der Waals surface area contributed by atoms with E-state index in [-0.39, 0.29) is 18.0 Å². The summed E-state index contributed by atoms with van der Waals surface area (Å²) >= 11 is 0. The molecule has 0 radical (unpaired) electrons. The quantitative estimate of drug-likeness (QED) is 0.720. The second-order valence-electron chi connectivity index (χ2n) is 7.58. The summed E-state index contributed by atoms with van der Waals surface area (Å²) in [6.07, 6.45) is 4.35. The average molecular weight is 392 g/mol. The van der Waals surface area contributed by atoms with E-state index >= 15 is 0 Å². The first kappa shape index (κ1) is 19.1. The highest BCUT2D eigenvalue weighted by Crippen LogP contribution is 2.25. The molecule has 1 amide bonds. The first-order valence-electron chi connectivity index (χ1n) is 9.81. The number of para-hydroxylation sites is 1. The number of methoxy groups -OCH3 is 1. The lowest BCUT2D eigenvalue weighted by Crippen LogP contribution is -2.32. The van der Waals surface area contributed by atoms with Crippen LogP contribution in [0.5, 0.6) is 5.75 Å². The molecule has 0 fully saturated rings. The molecule has 1 N–H and O–H groups in total. The predicted molar refractivity (Wildman–Crippen MR) is 110 cm³/mol. The maximum atomic E-state index is 12.9. The summed E-state index contributed by atoms with van der Waals surface area (Å²) in [7, 11) is 1.59. The van der Waals surface area contributed by atoms with Crippen LogP contribution < -0.4 is 15.6 Å². The topological polar surface area (TPSA) is 86.1 Å². The van der Waals surface area contributed by atoms with Gasteiger partial charge in [0, 0.05) is 17.8 Å². The standard InChI is InChI=1S/C22H24N4O3/c1-14-7-8-18-16(9-14)10-17-21(25-18)24-13-26(22(17)28)12-20(27)23-11-15-5-3-4-6-19(15)29-2/h3-6,10,13-14H,7-9,11-12H2,1-2H3,(H,23,27)/t14-/m0/s1. The number of rotatable bonds is 5. The molecule has 0 saturated carbocycles. The number of hydrogen-bond acceptors (Lipinski definition) is 5. The van der Waals surface area contributed by atoms with Crippen LogP contribution in [0.2, 0.25) is 0 Å². The summed E-state index contributed by atoms with van der Waals surface area (Å²) in [6, 6.07) is 9.40. The van der Waals surface area contributed by atoms with Crippen molar-refractivity contribution >= 4 is 16.9 Å². The number of pyridine rings is 1. The van der Waals surface area contributed by atoms with Gasteiger partial charge in [-0.2, -0.15) is 0 Å². The van der Waals surface area contributed by atoms with E-state index in [1.54, 1.807) is 7.11 Å². The van der Waals surface area contributed by atoms with Crippen molar-refractivity contribution < 1.29 is 9.53 Å². The summed E-state index contributed by atoms with van der Waals surface area (Å²) in [5.41, 5.74) is 3.24. The number of amides is 1. The third kappa shape index (κ3) is 3.99. The minimum atomic E-state index is -0.265. The molecule has 1 aromatic carbocycles. The van der Waals surface area contributed by atoms with E-state index in [0.717, 1.165) is 36.1 Å². The summed E-state index contributed by atoms with van der Waals surface area (Å²) in [5, 5.41) is 3.30. The van der Waals surface area contributed by atoms with Crippen molar-refractivity contribution in [3.05, 3.63) is 63.8 Å². The Hall–Kier alpha value is -3.22. The molecule has 7 nitrogen and oxygen atoms in total. The van der Waals surface area contributed by atoms with Crippen molar-refractivity contribution in [3.8, 4) is 5.75 Å². The van der Waals surface area contributed by atoms with Gasteiger partial charge in [-0.3, -0.25) is 14.2 Å². The minimum absolute atomic E-state index is 0.0928. The molecule has 4 rings (SSSR count). The van der Waals surface area contributed by atoms with Crippen LogP contribution in [-0.4, -0.2) is 27.6 Å². The summed E-state index contributed by atoms with van der Waals surface area (Å²) in [6.45, 7) is 2.44. The zero-order chi connectivity index (χ0) is 20.4. The van der Waals surface area contributed by atoms with E-state index in [1.807, 2.05) is 30.3 Å². The molecule has 29 heavy (non-hydrogen) atoms. The van der Waals surface area contributed by atoms with Crippen molar-refractivity contribution in [1.82, 2.24) is 19.9 Å². The second kappa shape index (κ2) is 8.03. The van der Waals surface area contributed by atoms with E-state index in [1.165, 1.54) is 10.9 Å². The highest BCUT2D eigenvalue weighted by molar-refractivity contribution is 5.77. The fraction of sp³-hybridized carbons (Fsp3) is 0.364. The highest BCUT2D eigenvalue weighted by Gasteiger charge is 2.19. The van der Waals surface area contributed by atoms with Gasteiger partial charge in [0.25, 0.3) is 5.56 Å². The number of aryl methyl sites for hydroxylation is 1. The number of nitrogens with one attached hydrogen (secondary N) is 1. The van der Waals surface area contributed by atoms with Gasteiger partial charge in [-0.25, -0.2) is 9.97 Å². The maximum absolute atomic E-state index is 12.9. The Morgan fingerprint density at radius 2 is 2.17 bits per heavy atom. The van der Waals surface area contributed by atoms with Crippen LogP contribution in [0.25, 0.3) is 11.0 Å². The van der Waals surface area contributed by atoms with Gasteiger partial charge < -0.3 is 10.1 Å². The van der Waals surface area contributed by atoms with E-state index in [4.69, 9.17) is 4.74 Å². The third-order valence-electron chi connectivity index (χ3n) is 5.41. The van der Waals surface area contributed by atoms with Crippen LogP contribution in [0.1, 0.15) is 30.2 Å². The van der Waals surface area contributed by atoms with Gasteiger partial charge in [0.15, 0.2) is 5.65 Å². The van der Waals surface area contributed by atoms with Crippen LogP contribution in [0.15, 0.2) is 41.5 Å². The Morgan fingerprint density at radius 1 is 1.34 bits per heavy atom. The first-order chi connectivity index (χ1) is 14.0. The van der Waals surface area contributed by atoms with E-state index < -0.39 is 0 Å². The maximum Gasteiger partial charge on any atom is 0.263 e. The van der Waals surface area contributed by atoms with Crippen LogP contribution in [0, 0.1) is 5.92 Å². The normalized spacial score (nSPS) is 15.7. The Bertz CT molecular complexity index is 1120. The summed E-state index contributed by atoms with van der Waals surface area (Å²) in [5.74, 6) is 1.03. The Labute approximate surface area is 168 Å². The summed E-state index contributed by atoms with van der Waals surface area (Å²) < 4.78 is 6.63. The van der Waals surface area contributed by atoms with Gasteiger partial charge in [0.1, 0.15) is 18.6 Å². The lowest BCUT2D eigenvalue weighted by Gasteiger charge is -2.20. The Balaban J connectivity index is 1.52. The molecule has 0 unspecified atom stereocenters. The SMILES string of the molecule is COc1ccccc1CNC(=O)Cn1cnc2nc3c(cc2c1=O)C[C@@H](C)CC3.